The summed E-state index contributed by atoms with van der Waals surface area (Å²) in [5.41, 5.74) is 1.31. The molecule has 1 aromatic carbocycles. The van der Waals surface area contributed by atoms with Crippen molar-refractivity contribution in [3.63, 3.8) is 0 Å². The maximum absolute atomic E-state index is 12.6. The summed E-state index contributed by atoms with van der Waals surface area (Å²) in [6.45, 7) is 3.29. The van der Waals surface area contributed by atoms with Crippen LogP contribution in [0.3, 0.4) is 0 Å². The summed E-state index contributed by atoms with van der Waals surface area (Å²) in [7, 11) is 0. The van der Waals surface area contributed by atoms with E-state index in [1.54, 1.807) is 6.33 Å². The van der Waals surface area contributed by atoms with Crippen molar-refractivity contribution >= 4 is 5.91 Å². The highest BCUT2D eigenvalue weighted by atomic mass is 16.1. The van der Waals surface area contributed by atoms with E-state index in [1.807, 2.05) is 6.07 Å². The van der Waals surface area contributed by atoms with E-state index in [0.29, 0.717) is 12.6 Å². The third-order valence-electron chi connectivity index (χ3n) is 5.13. The van der Waals surface area contributed by atoms with Crippen LogP contribution in [-0.2, 0) is 17.9 Å². The van der Waals surface area contributed by atoms with Gasteiger partial charge in [0.2, 0.25) is 5.91 Å². The number of rotatable bonds is 6. The Morgan fingerprint density at radius 1 is 1.20 bits per heavy atom. The normalized spacial score (nSPS) is 21.2. The first-order valence-electron chi connectivity index (χ1n) is 9.22. The zero-order chi connectivity index (χ0) is 17.1. The van der Waals surface area contributed by atoms with Gasteiger partial charge in [0.1, 0.15) is 6.33 Å². The van der Waals surface area contributed by atoms with Crippen LogP contribution in [0.15, 0.2) is 36.7 Å². The fourth-order valence-electron chi connectivity index (χ4n) is 3.62. The van der Waals surface area contributed by atoms with Crippen molar-refractivity contribution in [2.75, 3.05) is 13.1 Å². The summed E-state index contributed by atoms with van der Waals surface area (Å²) in [6.07, 6.45) is 6.20. The molecule has 4 rings (SSSR count). The van der Waals surface area contributed by atoms with Gasteiger partial charge in [-0.2, -0.15) is 0 Å². The lowest BCUT2D eigenvalue weighted by Gasteiger charge is -2.32. The molecule has 132 valence electrons. The molecule has 1 amide bonds. The molecule has 0 spiro atoms. The van der Waals surface area contributed by atoms with Gasteiger partial charge in [-0.1, -0.05) is 30.3 Å². The van der Waals surface area contributed by atoms with Crippen molar-refractivity contribution in [3.05, 3.63) is 48.0 Å². The molecule has 1 N–H and O–H groups in total. The Morgan fingerprint density at radius 3 is 2.84 bits per heavy atom. The van der Waals surface area contributed by atoms with Crippen molar-refractivity contribution in [3.8, 4) is 0 Å². The van der Waals surface area contributed by atoms with Crippen LogP contribution in [0.5, 0.6) is 0 Å². The average molecular weight is 339 g/mol. The highest BCUT2D eigenvalue weighted by Gasteiger charge is 2.28. The van der Waals surface area contributed by atoms with Gasteiger partial charge in [-0.3, -0.25) is 9.69 Å². The Balaban J connectivity index is 1.30. The summed E-state index contributed by atoms with van der Waals surface area (Å²) < 4.78 is 2.10. The van der Waals surface area contributed by atoms with Crippen LogP contribution in [0.4, 0.5) is 0 Å². The van der Waals surface area contributed by atoms with Gasteiger partial charge in [-0.25, -0.2) is 0 Å². The van der Waals surface area contributed by atoms with Crippen LogP contribution in [-0.4, -0.2) is 38.7 Å². The van der Waals surface area contributed by atoms with Crippen LogP contribution in [0.25, 0.3) is 0 Å². The molecule has 0 radical (unpaired) electrons. The molecule has 1 aliphatic carbocycles. The van der Waals surface area contributed by atoms with Crippen molar-refractivity contribution in [2.24, 2.45) is 5.92 Å². The Kier molecular flexibility index (Phi) is 4.78. The lowest BCUT2D eigenvalue weighted by molar-refractivity contribution is -0.127. The molecule has 2 aromatic rings. The van der Waals surface area contributed by atoms with Crippen LogP contribution in [0.1, 0.15) is 43.1 Å². The molecule has 0 bridgehead atoms. The number of hydrogen-bond acceptors (Lipinski definition) is 4. The summed E-state index contributed by atoms with van der Waals surface area (Å²) in [4.78, 5) is 15.0. The predicted molar refractivity (Wildman–Crippen MR) is 94.6 cm³/mol. The molecule has 1 aliphatic heterocycles. The van der Waals surface area contributed by atoms with Crippen LogP contribution >= 0.6 is 0 Å². The molecule has 1 aromatic heterocycles. The Bertz CT molecular complexity index is 710. The average Bonchev–Trinajstić information content (AvgIpc) is 3.39. The minimum atomic E-state index is 0.0646. The number of benzene rings is 1. The van der Waals surface area contributed by atoms with Gasteiger partial charge in [0, 0.05) is 19.1 Å². The van der Waals surface area contributed by atoms with Crippen LogP contribution < -0.4 is 5.32 Å². The van der Waals surface area contributed by atoms with E-state index in [9.17, 15) is 4.79 Å². The highest BCUT2D eigenvalue weighted by molar-refractivity contribution is 5.78. The van der Waals surface area contributed by atoms with Gasteiger partial charge in [-0.05, 0) is 37.8 Å². The van der Waals surface area contributed by atoms with E-state index in [-0.39, 0.29) is 11.8 Å². The zero-order valence-corrected chi connectivity index (χ0v) is 14.5. The second-order valence-electron chi connectivity index (χ2n) is 7.16. The van der Waals surface area contributed by atoms with Gasteiger partial charge < -0.3 is 9.88 Å². The lowest BCUT2D eigenvalue weighted by Crippen LogP contribution is -2.42. The standard InChI is InChI=1S/C19H25N5O/c25-19(20-11-18-22-21-14-24(18)17-8-9-17)16-7-4-10-23(13-16)12-15-5-2-1-3-6-15/h1-3,5-6,14,16-17H,4,7-13H2,(H,20,25). The minimum absolute atomic E-state index is 0.0646. The molecule has 2 heterocycles. The van der Waals surface area contributed by atoms with Crippen LogP contribution in [0.2, 0.25) is 0 Å². The molecule has 1 atom stereocenters. The highest BCUT2D eigenvalue weighted by Crippen LogP contribution is 2.35. The van der Waals surface area contributed by atoms with Gasteiger partial charge in [-0.15, -0.1) is 10.2 Å². The number of carbonyl (C=O) groups is 1. The number of piperidine rings is 1. The van der Waals surface area contributed by atoms with Crippen molar-refractivity contribution < 1.29 is 4.79 Å². The fourth-order valence-corrected chi connectivity index (χ4v) is 3.62. The van der Waals surface area contributed by atoms with E-state index in [0.717, 1.165) is 38.3 Å². The van der Waals surface area contributed by atoms with E-state index < -0.39 is 0 Å². The third kappa shape index (κ3) is 4.07. The summed E-state index contributed by atoms with van der Waals surface area (Å²) in [5.74, 6) is 1.07. The van der Waals surface area contributed by atoms with Crippen molar-refractivity contribution in [2.45, 2.75) is 44.8 Å². The number of likely N-dealkylation sites (tertiary alicyclic amines) is 1. The molecular weight excluding hydrogens is 314 g/mol. The Labute approximate surface area is 148 Å². The topological polar surface area (TPSA) is 63.1 Å². The van der Waals surface area contributed by atoms with E-state index in [2.05, 4.69) is 49.2 Å². The van der Waals surface area contributed by atoms with Gasteiger partial charge >= 0.3 is 0 Å². The Hall–Kier alpha value is -2.21. The number of nitrogens with one attached hydrogen (secondary N) is 1. The van der Waals surface area contributed by atoms with Gasteiger partial charge in [0.25, 0.3) is 0 Å². The molecule has 2 fully saturated rings. The maximum Gasteiger partial charge on any atom is 0.224 e. The first-order valence-corrected chi connectivity index (χ1v) is 9.22. The van der Waals surface area contributed by atoms with Crippen LogP contribution in [0, 0.1) is 5.92 Å². The summed E-state index contributed by atoms with van der Waals surface area (Å²) in [6, 6.07) is 11.0. The molecular formula is C19H25N5O. The maximum atomic E-state index is 12.6. The molecule has 6 heteroatoms. The van der Waals surface area contributed by atoms with Crippen molar-refractivity contribution in [1.82, 2.24) is 25.0 Å². The molecule has 1 saturated carbocycles. The third-order valence-corrected chi connectivity index (χ3v) is 5.13. The number of nitrogens with zero attached hydrogens (tertiary/aromatic N) is 4. The molecule has 6 nitrogen and oxygen atoms in total. The SMILES string of the molecule is O=C(NCc1nncn1C1CC1)C1CCCN(Cc2ccccc2)C1. The molecule has 1 saturated heterocycles. The number of hydrogen-bond donors (Lipinski definition) is 1. The second kappa shape index (κ2) is 7.35. The Morgan fingerprint density at radius 2 is 2.04 bits per heavy atom. The largest absolute Gasteiger partial charge is 0.349 e. The first-order chi connectivity index (χ1) is 12.3. The summed E-state index contributed by atoms with van der Waals surface area (Å²) in [5, 5.41) is 11.2. The first kappa shape index (κ1) is 16.3. The van der Waals surface area contributed by atoms with Gasteiger partial charge in [0.15, 0.2) is 5.82 Å². The lowest BCUT2D eigenvalue weighted by atomic mass is 9.96. The minimum Gasteiger partial charge on any atom is -0.349 e. The van der Waals surface area contributed by atoms with E-state index in [4.69, 9.17) is 0 Å². The zero-order valence-electron chi connectivity index (χ0n) is 14.5. The summed E-state index contributed by atoms with van der Waals surface area (Å²) >= 11 is 0. The number of aromatic nitrogens is 3. The van der Waals surface area contributed by atoms with Crippen molar-refractivity contribution in [1.29, 1.82) is 0 Å². The predicted octanol–water partition coefficient (Wildman–Crippen LogP) is 2.14. The smallest absolute Gasteiger partial charge is 0.224 e. The number of carbonyl (C=O) groups excluding carboxylic acids is 1. The van der Waals surface area contributed by atoms with Gasteiger partial charge in [0.05, 0.1) is 12.5 Å². The molecule has 25 heavy (non-hydrogen) atoms. The van der Waals surface area contributed by atoms with E-state index >= 15 is 0 Å². The molecule has 1 unspecified atom stereocenters. The van der Waals surface area contributed by atoms with E-state index in [1.165, 1.54) is 18.4 Å². The monoisotopic (exact) mass is 339 g/mol. The quantitative estimate of drug-likeness (QED) is 0.876. The molecule has 2 aliphatic rings. The second-order valence-corrected chi connectivity index (χ2v) is 7.16. The number of amides is 1. The fraction of sp³-hybridized carbons (Fsp3) is 0.526.